The van der Waals surface area contributed by atoms with Gasteiger partial charge >= 0.3 is 6.09 Å². The zero-order valence-corrected chi connectivity index (χ0v) is 25.2. The maximum atomic E-state index is 12.4. The van der Waals surface area contributed by atoms with Gasteiger partial charge in [0.05, 0.1) is 18.8 Å². The molecule has 0 radical (unpaired) electrons. The Kier molecular flexibility index (Phi) is 16.7. The van der Waals surface area contributed by atoms with E-state index >= 15 is 0 Å². The van der Waals surface area contributed by atoms with Crippen molar-refractivity contribution in [2.75, 3.05) is 6.61 Å². The second kappa shape index (κ2) is 17.0. The number of ether oxygens (including phenoxy) is 1. The zero-order valence-electron chi connectivity index (χ0n) is 24.2. The fraction of sp³-hybridized carbons (Fsp3) is 0.964. The van der Waals surface area contributed by atoms with Gasteiger partial charge < -0.3 is 19.6 Å². The van der Waals surface area contributed by atoms with Crippen molar-refractivity contribution < 1.29 is 19.1 Å². The molecule has 0 fully saturated rings. The highest BCUT2D eigenvalue weighted by atomic mass is 28.4. The Bertz CT molecular complexity index is 525. The normalized spacial score (nSPS) is 14.6. The molecule has 0 spiro atoms. The molecular formula is C28H59NO4Si. The van der Waals surface area contributed by atoms with Gasteiger partial charge in [0.1, 0.15) is 5.60 Å². The number of aliphatic hydroxyl groups is 1. The van der Waals surface area contributed by atoms with Gasteiger partial charge in [-0.25, -0.2) is 4.79 Å². The summed E-state index contributed by atoms with van der Waals surface area (Å²) in [6, 6.07) is -0.461. The van der Waals surface area contributed by atoms with Crippen LogP contribution in [0.25, 0.3) is 0 Å². The van der Waals surface area contributed by atoms with Gasteiger partial charge in [-0.1, -0.05) is 105 Å². The number of carbonyl (C=O) groups excluding carboxylic acids is 1. The van der Waals surface area contributed by atoms with Crippen LogP contribution in [0, 0.1) is 0 Å². The van der Waals surface area contributed by atoms with Crippen LogP contribution in [0.5, 0.6) is 0 Å². The van der Waals surface area contributed by atoms with Crippen LogP contribution < -0.4 is 5.32 Å². The number of carbonyl (C=O) groups is 1. The Morgan fingerprint density at radius 1 is 0.824 bits per heavy atom. The first-order chi connectivity index (χ1) is 15.7. The third kappa shape index (κ3) is 16.9. The molecule has 0 unspecified atom stereocenters. The Morgan fingerprint density at radius 3 is 1.68 bits per heavy atom. The number of rotatable bonds is 18. The SMILES string of the molecule is CCCCCCCCCCCCCC[C@@H](O)[C@H](CO[Si](C)(C)C(C)(C)C)NC(=O)OC(C)(C)C. The molecule has 2 atom stereocenters. The molecule has 6 heteroatoms. The van der Waals surface area contributed by atoms with E-state index in [0.717, 1.165) is 12.8 Å². The van der Waals surface area contributed by atoms with Crippen LogP contribution in [-0.4, -0.2) is 43.9 Å². The van der Waals surface area contributed by atoms with Gasteiger partial charge in [-0.2, -0.15) is 0 Å². The summed E-state index contributed by atoms with van der Waals surface area (Å²) in [4.78, 5) is 12.4. The van der Waals surface area contributed by atoms with Crippen molar-refractivity contribution in [3.63, 3.8) is 0 Å². The van der Waals surface area contributed by atoms with Crippen molar-refractivity contribution in [1.82, 2.24) is 5.32 Å². The zero-order chi connectivity index (χ0) is 26.3. The monoisotopic (exact) mass is 501 g/mol. The Hall–Kier alpha value is -0.593. The molecule has 34 heavy (non-hydrogen) atoms. The summed E-state index contributed by atoms with van der Waals surface area (Å²) in [6.07, 6.45) is 15.0. The lowest BCUT2D eigenvalue weighted by Crippen LogP contribution is -2.51. The topological polar surface area (TPSA) is 67.8 Å². The number of aliphatic hydroxyl groups excluding tert-OH is 1. The summed E-state index contributed by atoms with van der Waals surface area (Å²) in [6.45, 7) is 19.1. The highest BCUT2D eigenvalue weighted by Crippen LogP contribution is 2.36. The van der Waals surface area contributed by atoms with E-state index in [1.165, 1.54) is 64.2 Å². The van der Waals surface area contributed by atoms with E-state index in [-0.39, 0.29) is 5.04 Å². The minimum absolute atomic E-state index is 0.0733. The van der Waals surface area contributed by atoms with E-state index in [1.54, 1.807) is 0 Å². The van der Waals surface area contributed by atoms with Crippen molar-refractivity contribution in [2.45, 2.75) is 168 Å². The first kappa shape index (κ1) is 33.4. The molecule has 2 N–H and O–H groups in total. The first-order valence-electron chi connectivity index (χ1n) is 14.0. The Morgan fingerprint density at radius 2 is 1.26 bits per heavy atom. The average molecular weight is 502 g/mol. The number of hydrogen-bond donors (Lipinski definition) is 2. The quantitative estimate of drug-likeness (QED) is 0.146. The number of amides is 1. The summed E-state index contributed by atoms with van der Waals surface area (Å²) in [5, 5.41) is 13.8. The van der Waals surface area contributed by atoms with E-state index in [2.05, 4.69) is 46.1 Å². The van der Waals surface area contributed by atoms with E-state index in [9.17, 15) is 9.90 Å². The molecule has 204 valence electrons. The molecule has 0 saturated carbocycles. The molecule has 0 rings (SSSR count). The van der Waals surface area contributed by atoms with Crippen molar-refractivity contribution in [2.24, 2.45) is 0 Å². The van der Waals surface area contributed by atoms with Crippen LogP contribution in [0.15, 0.2) is 0 Å². The van der Waals surface area contributed by atoms with Crippen molar-refractivity contribution in [3.05, 3.63) is 0 Å². The average Bonchev–Trinajstić information content (AvgIpc) is 2.69. The standard InChI is InChI=1S/C28H59NO4Si/c1-10-11-12-13-14-15-16-17-18-19-20-21-22-25(30)24(29-26(31)33-27(2,3)4)23-32-34(8,9)28(5,6)7/h24-25,30H,10-23H2,1-9H3,(H,29,31)/t24-,25+/m0/s1. The van der Waals surface area contributed by atoms with Crippen molar-refractivity contribution >= 4 is 14.4 Å². The molecule has 0 saturated heterocycles. The minimum Gasteiger partial charge on any atom is -0.444 e. The van der Waals surface area contributed by atoms with E-state index in [4.69, 9.17) is 9.16 Å². The van der Waals surface area contributed by atoms with E-state index < -0.39 is 32.2 Å². The highest BCUT2D eigenvalue weighted by molar-refractivity contribution is 6.74. The lowest BCUT2D eigenvalue weighted by atomic mass is 10.0. The largest absolute Gasteiger partial charge is 0.444 e. The number of unbranched alkanes of at least 4 members (excludes halogenated alkanes) is 11. The predicted molar refractivity (Wildman–Crippen MR) is 148 cm³/mol. The molecule has 1 amide bonds. The van der Waals surface area contributed by atoms with Gasteiger partial charge in [0, 0.05) is 0 Å². The van der Waals surface area contributed by atoms with E-state index in [1.807, 2.05) is 20.8 Å². The summed E-state index contributed by atoms with van der Waals surface area (Å²) >= 11 is 0. The lowest BCUT2D eigenvalue weighted by Gasteiger charge is -2.38. The number of nitrogens with one attached hydrogen (secondary N) is 1. The van der Waals surface area contributed by atoms with Crippen molar-refractivity contribution in [3.8, 4) is 0 Å². The van der Waals surface area contributed by atoms with Crippen LogP contribution in [0.3, 0.4) is 0 Å². The summed E-state index contributed by atoms with van der Waals surface area (Å²) in [5.41, 5.74) is -0.574. The predicted octanol–water partition coefficient (Wildman–Crippen LogP) is 8.35. The van der Waals surface area contributed by atoms with E-state index in [0.29, 0.717) is 13.0 Å². The molecule has 0 aliphatic carbocycles. The fourth-order valence-corrected chi connectivity index (χ4v) is 4.65. The van der Waals surface area contributed by atoms with Gasteiger partial charge in [-0.05, 0) is 45.3 Å². The first-order valence-corrected chi connectivity index (χ1v) is 16.9. The van der Waals surface area contributed by atoms with Crippen LogP contribution >= 0.6 is 0 Å². The molecular weight excluding hydrogens is 442 g/mol. The third-order valence-corrected chi connectivity index (χ3v) is 11.5. The van der Waals surface area contributed by atoms with Crippen molar-refractivity contribution in [1.29, 1.82) is 0 Å². The molecule has 0 aromatic rings. The smallest absolute Gasteiger partial charge is 0.408 e. The van der Waals surface area contributed by atoms with Crippen LogP contribution in [-0.2, 0) is 9.16 Å². The summed E-state index contributed by atoms with van der Waals surface area (Å²) < 4.78 is 11.8. The van der Waals surface area contributed by atoms with Gasteiger partial charge in [-0.15, -0.1) is 0 Å². The maximum absolute atomic E-state index is 12.4. The Labute approximate surface area is 213 Å². The third-order valence-electron chi connectivity index (χ3n) is 6.95. The van der Waals surface area contributed by atoms with Gasteiger partial charge in [0.15, 0.2) is 8.32 Å². The highest BCUT2D eigenvalue weighted by Gasteiger charge is 2.38. The van der Waals surface area contributed by atoms with Gasteiger partial charge in [0.2, 0.25) is 0 Å². The minimum atomic E-state index is -1.98. The Balaban J connectivity index is 4.41. The lowest BCUT2D eigenvalue weighted by molar-refractivity contribution is 0.0342. The van der Waals surface area contributed by atoms with Crippen LogP contribution in [0.4, 0.5) is 4.79 Å². The summed E-state index contributed by atoms with van der Waals surface area (Å²) in [7, 11) is -1.98. The van der Waals surface area contributed by atoms with Gasteiger partial charge in [-0.3, -0.25) is 0 Å². The summed E-state index contributed by atoms with van der Waals surface area (Å²) in [5.74, 6) is 0. The van der Waals surface area contributed by atoms with Gasteiger partial charge in [0.25, 0.3) is 0 Å². The molecule has 0 aliphatic heterocycles. The molecule has 0 bridgehead atoms. The van der Waals surface area contributed by atoms with Crippen LogP contribution in [0.1, 0.15) is 132 Å². The number of hydrogen-bond acceptors (Lipinski definition) is 4. The molecule has 0 heterocycles. The maximum Gasteiger partial charge on any atom is 0.408 e. The second-order valence-corrected chi connectivity index (χ2v) is 17.4. The molecule has 0 aliphatic rings. The second-order valence-electron chi connectivity index (χ2n) is 12.6. The fourth-order valence-electron chi connectivity index (χ4n) is 3.62. The van der Waals surface area contributed by atoms with Crippen LogP contribution in [0.2, 0.25) is 18.1 Å². The molecule has 5 nitrogen and oxygen atoms in total. The number of alkyl carbamates (subject to hydrolysis) is 1. The molecule has 0 aromatic carbocycles. The molecule has 0 aromatic heterocycles.